The normalized spacial score (nSPS) is 12.8. The zero-order chi connectivity index (χ0) is 55.0. The Balaban J connectivity index is 3.36. The highest BCUT2D eigenvalue weighted by Crippen LogP contribution is 2.17. The number of amides is 1. The highest BCUT2D eigenvalue weighted by atomic mass is 16.5. The van der Waals surface area contributed by atoms with E-state index in [4.69, 9.17) is 4.74 Å². The first kappa shape index (κ1) is 73.8. The van der Waals surface area contributed by atoms with Crippen LogP contribution in [0.2, 0.25) is 0 Å². The molecule has 0 saturated carbocycles. The van der Waals surface area contributed by atoms with Gasteiger partial charge < -0.3 is 20.3 Å². The first-order chi connectivity index (χ1) is 37.5. The number of ether oxygens (including phenoxy) is 1. The quantitative estimate of drug-likeness (QED) is 0.0320. The Morgan fingerprint density at radius 3 is 1.03 bits per heavy atom. The summed E-state index contributed by atoms with van der Waals surface area (Å²) in [6, 6.07) is -0.626. The molecule has 0 aromatic rings. The first-order valence-corrected chi connectivity index (χ1v) is 33.9. The van der Waals surface area contributed by atoms with Gasteiger partial charge in [-0.05, 0) is 89.9 Å². The van der Waals surface area contributed by atoms with Gasteiger partial charge in [0, 0.05) is 12.8 Å². The molecule has 0 aliphatic carbocycles. The van der Waals surface area contributed by atoms with Gasteiger partial charge in [0.25, 0.3) is 0 Å². The third kappa shape index (κ3) is 61.0. The lowest BCUT2D eigenvalue weighted by molar-refractivity contribution is -0.143. The van der Waals surface area contributed by atoms with Gasteiger partial charge in [-0.3, -0.25) is 9.59 Å². The molecule has 1 amide bonds. The maximum absolute atomic E-state index is 12.4. The number of unbranched alkanes of at least 4 members (excludes halogenated alkanes) is 46. The van der Waals surface area contributed by atoms with E-state index in [1.165, 1.54) is 283 Å². The van der Waals surface area contributed by atoms with Gasteiger partial charge in [0.05, 0.1) is 25.4 Å². The highest BCUT2D eigenvalue weighted by molar-refractivity contribution is 5.76. The predicted octanol–water partition coefficient (Wildman–Crippen LogP) is 21.7. The van der Waals surface area contributed by atoms with Crippen LogP contribution in [-0.2, 0) is 14.3 Å². The van der Waals surface area contributed by atoms with Crippen LogP contribution >= 0.6 is 0 Å². The Bertz CT molecular complexity index is 1270. The number of hydrogen-bond donors (Lipinski definition) is 3. The second kappa shape index (κ2) is 65.3. The van der Waals surface area contributed by atoms with Crippen molar-refractivity contribution in [3.63, 3.8) is 0 Å². The summed E-state index contributed by atoms with van der Waals surface area (Å²) >= 11 is 0. The number of esters is 1. The van der Waals surface area contributed by atoms with Crippen molar-refractivity contribution >= 4 is 11.9 Å². The Morgan fingerprint density at radius 2 is 0.658 bits per heavy atom. The van der Waals surface area contributed by atoms with Crippen LogP contribution in [0.25, 0.3) is 0 Å². The number of carbonyl (C=O) groups is 2. The summed E-state index contributed by atoms with van der Waals surface area (Å²) in [5.41, 5.74) is 0. The average molecular weight is 1070 g/mol. The van der Waals surface area contributed by atoms with Crippen LogP contribution < -0.4 is 5.32 Å². The Kier molecular flexibility index (Phi) is 63.5. The van der Waals surface area contributed by atoms with Gasteiger partial charge >= 0.3 is 5.97 Å². The number of allylic oxidation sites excluding steroid dienone is 7. The average Bonchev–Trinajstić information content (AvgIpc) is 3.42. The van der Waals surface area contributed by atoms with Crippen molar-refractivity contribution in [2.24, 2.45) is 0 Å². The second-order valence-electron chi connectivity index (χ2n) is 23.1. The Hall–Kier alpha value is -2.18. The Morgan fingerprint density at radius 1 is 0.368 bits per heavy atom. The van der Waals surface area contributed by atoms with Crippen molar-refractivity contribution < 1.29 is 24.5 Å². The standard InChI is InChI=1S/C70H131NO5/c1-3-5-7-9-11-13-15-16-17-18-34-37-40-44-48-52-56-60-64-70(75)76-65-61-57-53-49-45-41-38-35-32-30-28-26-24-22-20-19-21-23-25-27-29-31-33-36-39-43-47-51-55-59-63-69(74)71-67(66-72)68(73)62-58-54-50-46-42-14-12-10-8-6-4-2/h13,15,17-18,20,22,58,62,67-68,72-73H,3-12,14,16,19,21,23-57,59-61,63-66H2,1-2H3,(H,71,74)/b15-13-,18-17-,22-20-,62-58+. The van der Waals surface area contributed by atoms with Crippen LogP contribution in [0.3, 0.4) is 0 Å². The number of nitrogens with one attached hydrogen (secondary N) is 1. The third-order valence-corrected chi connectivity index (χ3v) is 15.6. The molecule has 0 aliphatic rings. The van der Waals surface area contributed by atoms with Crippen molar-refractivity contribution in [3.8, 4) is 0 Å². The molecule has 6 heteroatoms. The van der Waals surface area contributed by atoms with Gasteiger partial charge in [-0.1, -0.05) is 306 Å². The number of hydrogen-bond acceptors (Lipinski definition) is 5. The highest BCUT2D eigenvalue weighted by Gasteiger charge is 2.18. The van der Waals surface area contributed by atoms with Gasteiger partial charge in [0.2, 0.25) is 5.91 Å². The molecule has 2 unspecified atom stereocenters. The van der Waals surface area contributed by atoms with E-state index in [1.54, 1.807) is 6.08 Å². The van der Waals surface area contributed by atoms with Crippen LogP contribution in [0.5, 0.6) is 0 Å². The first-order valence-electron chi connectivity index (χ1n) is 33.9. The largest absolute Gasteiger partial charge is 0.466 e. The molecule has 0 aliphatic heterocycles. The molecular weight excluding hydrogens is 935 g/mol. The minimum Gasteiger partial charge on any atom is -0.466 e. The zero-order valence-corrected chi connectivity index (χ0v) is 51.0. The molecule has 446 valence electrons. The summed E-state index contributed by atoms with van der Waals surface area (Å²) < 4.78 is 5.50. The summed E-state index contributed by atoms with van der Waals surface area (Å²) in [7, 11) is 0. The van der Waals surface area contributed by atoms with E-state index in [2.05, 4.69) is 55.6 Å². The number of carbonyl (C=O) groups excluding carboxylic acids is 2. The van der Waals surface area contributed by atoms with Crippen molar-refractivity contribution in [2.75, 3.05) is 13.2 Å². The predicted molar refractivity (Wildman–Crippen MR) is 333 cm³/mol. The van der Waals surface area contributed by atoms with E-state index in [1.807, 2.05) is 6.08 Å². The van der Waals surface area contributed by atoms with Crippen molar-refractivity contribution in [1.29, 1.82) is 0 Å². The van der Waals surface area contributed by atoms with Gasteiger partial charge in [0.1, 0.15) is 0 Å². The lowest BCUT2D eigenvalue weighted by Crippen LogP contribution is -2.45. The summed E-state index contributed by atoms with van der Waals surface area (Å²) in [6.07, 6.45) is 84.7. The topological polar surface area (TPSA) is 95.9 Å². The lowest BCUT2D eigenvalue weighted by atomic mass is 10.0. The molecule has 0 rings (SSSR count). The zero-order valence-electron chi connectivity index (χ0n) is 51.0. The summed E-state index contributed by atoms with van der Waals surface area (Å²) in [5.74, 6) is -0.0578. The minimum atomic E-state index is -0.842. The second-order valence-corrected chi connectivity index (χ2v) is 23.1. The molecule has 0 aromatic heterocycles. The van der Waals surface area contributed by atoms with E-state index in [0.29, 0.717) is 19.4 Å². The van der Waals surface area contributed by atoms with Gasteiger partial charge in [-0.2, -0.15) is 0 Å². The van der Waals surface area contributed by atoms with Crippen LogP contribution in [-0.4, -0.2) is 47.4 Å². The number of rotatable bonds is 63. The fraction of sp³-hybridized carbons (Fsp3) is 0.857. The molecule has 0 saturated heterocycles. The van der Waals surface area contributed by atoms with Crippen LogP contribution in [0.1, 0.15) is 361 Å². The number of aliphatic hydroxyl groups is 2. The molecule has 0 bridgehead atoms. The van der Waals surface area contributed by atoms with Crippen LogP contribution in [0.15, 0.2) is 48.6 Å². The van der Waals surface area contributed by atoms with Crippen molar-refractivity contribution in [1.82, 2.24) is 5.32 Å². The van der Waals surface area contributed by atoms with Gasteiger partial charge in [0.15, 0.2) is 0 Å². The maximum Gasteiger partial charge on any atom is 0.305 e. The van der Waals surface area contributed by atoms with E-state index < -0.39 is 12.1 Å². The fourth-order valence-electron chi connectivity index (χ4n) is 10.4. The molecule has 0 radical (unpaired) electrons. The smallest absolute Gasteiger partial charge is 0.305 e. The van der Waals surface area contributed by atoms with Crippen LogP contribution in [0, 0.1) is 0 Å². The van der Waals surface area contributed by atoms with Gasteiger partial charge in [-0.25, -0.2) is 0 Å². The maximum atomic E-state index is 12.4. The fourth-order valence-corrected chi connectivity index (χ4v) is 10.4. The van der Waals surface area contributed by atoms with Gasteiger partial charge in [-0.15, -0.1) is 0 Å². The molecule has 0 fully saturated rings. The van der Waals surface area contributed by atoms with E-state index >= 15 is 0 Å². The van der Waals surface area contributed by atoms with Crippen LogP contribution in [0.4, 0.5) is 0 Å². The monoisotopic (exact) mass is 1070 g/mol. The Labute approximate surface area is 474 Å². The third-order valence-electron chi connectivity index (χ3n) is 15.6. The SMILES string of the molecule is CCCCCC/C=C\C/C=C\CCCCCCCCCC(=O)OCCCCCCCCCCCCCC/C=C\CCCCCCCCCCCCCCCCC(=O)NC(CO)C(O)/C=C/CCCCCCCCCCC. The summed E-state index contributed by atoms with van der Waals surface area (Å²) in [4.78, 5) is 24.5. The molecule has 2 atom stereocenters. The summed E-state index contributed by atoms with van der Waals surface area (Å²) in [6.45, 7) is 4.89. The molecule has 0 heterocycles. The lowest BCUT2D eigenvalue weighted by Gasteiger charge is -2.20. The molecule has 6 nitrogen and oxygen atoms in total. The molecule has 3 N–H and O–H groups in total. The van der Waals surface area contributed by atoms with E-state index in [-0.39, 0.29) is 18.5 Å². The van der Waals surface area contributed by atoms with E-state index in [0.717, 1.165) is 51.4 Å². The minimum absolute atomic E-state index is 0.00934. The number of aliphatic hydroxyl groups excluding tert-OH is 2. The molecule has 0 spiro atoms. The van der Waals surface area contributed by atoms with E-state index in [9.17, 15) is 19.8 Å². The van der Waals surface area contributed by atoms with Crippen molar-refractivity contribution in [2.45, 2.75) is 373 Å². The van der Waals surface area contributed by atoms with Crippen molar-refractivity contribution in [3.05, 3.63) is 48.6 Å². The molecule has 0 aromatic carbocycles. The molecular formula is C70H131NO5. The molecule has 76 heavy (non-hydrogen) atoms. The summed E-state index contributed by atoms with van der Waals surface area (Å²) in [5, 5.41) is 23.0.